The van der Waals surface area contributed by atoms with Gasteiger partial charge in [-0.15, -0.1) is 0 Å². The van der Waals surface area contributed by atoms with Crippen LogP contribution in [0.5, 0.6) is 11.5 Å². The van der Waals surface area contributed by atoms with E-state index in [2.05, 4.69) is 20.7 Å². The second kappa shape index (κ2) is 10.5. The fraction of sp³-hybridized carbons (Fsp3) is 0.0800. The highest BCUT2D eigenvalue weighted by molar-refractivity contribution is 6.30. The van der Waals surface area contributed by atoms with Crippen molar-refractivity contribution in [1.29, 1.82) is 0 Å². The first-order valence-corrected chi connectivity index (χ1v) is 10.5. The Morgan fingerprint density at radius 1 is 1.06 bits per heavy atom. The van der Waals surface area contributed by atoms with Gasteiger partial charge in [-0.1, -0.05) is 35.9 Å². The van der Waals surface area contributed by atoms with E-state index < -0.39 is 5.91 Å². The third-order valence-electron chi connectivity index (χ3n) is 4.76. The third-order valence-corrected chi connectivity index (χ3v) is 5.02. The maximum Gasteiger partial charge on any atom is 0.289 e. The van der Waals surface area contributed by atoms with Crippen LogP contribution in [0.2, 0.25) is 5.02 Å². The number of ether oxygens (including phenoxy) is 2. The van der Waals surface area contributed by atoms with E-state index in [4.69, 9.17) is 21.1 Å². The van der Waals surface area contributed by atoms with Crippen LogP contribution in [0.25, 0.3) is 11.3 Å². The molecule has 0 bridgehead atoms. The summed E-state index contributed by atoms with van der Waals surface area (Å²) in [5, 5.41) is 11.6. The van der Waals surface area contributed by atoms with E-state index in [1.807, 2.05) is 72.8 Å². The van der Waals surface area contributed by atoms with Crippen molar-refractivity contribution in [1.82, 2.24) is 15.6 Å². The molecule has 0 aliphatic rings. The smallest absolute Gasteiger partial charge is 0.289 e. The number of hydrogen-bond donors (Lipinski definition) is 2. The molecule has 3 aromatic carbocycles. The van der Waals surface area contributed by atoms with Crippen LogP contribution in [0.3, 0.4) is 0 Å². The van der Waals surface area contributed by atoms with Crippen LogP contribution in [-0.2, 0) is 6.61 Å². The number of nitrogens with one attached hydrogen (secondary N) is 2. The zero-order valence-electron chi connectivity index (χ0n) is 17.8. The molecule has 4 aromatic rings. The summed E-state index contributed by atoms with van der Waals surface area (Å²) in [4.78, 5) is 12.3. The lowest BCUT2D eigenvalue weighted by Gasteiger charge is -2.07. The van der Waals surface area contributed by atoms with Crippen molar-refractivity contribution in [2.45, 2.75) is 6.61 Å². The molecule has 33 heavy (non-hydrogen) atoms. The minimum absolute atomic E-state index is 0.302. The molecule has 0 unspecified atom stereocenters. The molecule has 8 heteroatoms. The molecule has 166 valence electrons. The summed E-state index contributed by atoms with van der Waals surface area (Å²) in [5.74, 6) is 1.05. The molecule has 0 atom stereocenters. The number of hydrazone groups is 1. The minimum Gasteiger partial charge on any atom is -0.497 e. The number of rotatable bonds is 8. The van der Waals surface area contributed by atoms with E-state index in [9.17, 15) is 4.79 Å². The standard InChI is InChI=1S/C25H21ClN4O3/c1-32-22-4-2-3-18(13-22)15-27-30-25(31)24-14-23(28-29-24)19-7-11-21(12-8-19)33-16-17-5-9-20(26)10-6-17/h2-15H,16H2,1H3,(H,28,29)(H,30,31)/b27-15+. The molecule has 1 heterocycles. The second-order valence-corrected chi connectivity index (χ2v) is 7.52. The van der Waals surface area contributed by atoms with Crippen molar-refractivity contribution < 1.29 is 14.3 Å². The summed E-state index contributed by atoms with van der Waals surface area (Å²) >= 11 is 5.90. The van der Waals surface area contributed by atoms with Gasteiger partial charge in [0.2, 0.25) is 0 Å². The van der Waals surface area contributed by atoms with E-state index >= 15 is 0 Å². The maximum absolute atomic E-state index is 12.3. The summed E-state index contributed by atoms with van der Waals surface area (Å²) in [6.07, 6.45) is 1.54. The molecule has 1 aromatic heterocycles. The van der Waals surface area contributed by atoms with Gasteiger partial charge < -0.3 is 9.47 Å². The number of carbonyl (C=O) groups excluding carboxylic acids is 1. The zero-order valence-corrected chi connectivity index (χ0v) is 18.5. The Morgan fingerprint density at radius 2 is 1.85 bits per heavy atom. The van der Waals surface area contributed by atoms with Crippen LogP contribution in [0.1, 0.15) is 21.6 Å². The predicted molar refractivity (Wildman–Crippen MR) is 128 cm³/mol. The minimum atomic E-state index is -0.393. The van der Waals surface area contributed by atoms with Crippen LogP contribution < -0.4 is 14.9 Å². The van der Waals surface area contributed by atoms with Gasteiger partial charge in [-0.25, -0.2) is 5.43 Å². The molecule has 2 N–H and O–H groups in total. The number of H-pyrrole nitrogens is 1. The predicted octanol–water partition coefficient (Wildman–Crippen LogP) is 5.08. The van der Waals surface area contributed by atoms with Gasteiger partial charge in [0, 0.05) is 10.6 Å². The van der Waals surface area contributed by atoms with Gasteiger partial charge in [0.15, 0.2) is 0 Å². The highest BCUT2D eigenvalue weighted by Gasteiger charge is 2.10. The van der Waals surface area contributed by atoms with Crippen LogP contribution in [-0.4, -0.2) is 29.4 Å². The number of aromatic nitrogens is 2. The van der Waals surface area contributed by atoms with E-state index in [1.165, 1.54) is 0 Å². The van der Waals surface area contributed by atoms with Crippen LogP contribution in [0.15, 0.2) is 84.0 Å². The average Bonchev–Trinajstić information content (AvgIpc) is 3.35. The first kappa shape index (κ1) is 22.1. The Bertz CT molecular complexity index is 1250. The SMILES string of the molecule is COc1cccc(/C=N/NC(=O)c2cc(-c3ccc(OCc4ccc(Cl)cc4)cc3)n[nH]2)c1. The molecule has 7 nitrogen and oxygen atoms in total. The zero-order chi connectivity index (χ0) is 23.0. The van der Waals surface area contributed by atoms with Gasteiger partial charge >= 0.3 is 0 Å². The molecule has 0 spiro atoms. The number of hydrogen-bond acceptors (Lipinski definition) is 5. The van der Waals surface area contributed by atoms with E-state index in [-0.39, 0.29) is 0 Å². The van der Waals surface area contributed by atoms with Gasteiger partial charge in [0.1, 0.15) is 23.8 Å². The van der Waals surface area contributed by atoms with Gasteiger partial charge in [-0.2, -0.15) is 10.2 Å². The Labute approximate surface area is 196 Å². The number of amides is 1. The molecule has 4 rings (SSSR count). The molecular weight excluding hydrogens is 440 g/mol. The number of methoxy groups -OCH3 is 1. The van der Waals surface area contributed by atoms with Crippen molar-refractivity contribution in [2.24, 2.45) is 5.10 Å². The van der Waals surface area contributed by atoms with Crippen LogP contribution in [0, 0.1) is 0 Å². The van der Waals surface area contributed by atoms with Crippen molar-refractivity contribution in [3.8, 4) is 22.8 Å². The molecule has 0 radical (unpaired) electrons. The maximum atomic E-state index is 12.3. The Kier molecular flexibility index (Phi) is 7.02. The number of nitrogens with zero attached hydrogens (tertiary/aromatic N) is 2. The second-order valence-electron chi connectivity index (χ2n) is 7.08. The molecule has 0 fully saturated rings. The molecule has 0 saturated heterocycles. The Balaban J connectivity index is 1.33. The van der Waals surface area contributed by atoms with Gasteiger partial charge in [-0.3, -0.25) is 9.89 Å². The fourth-order valence-corrected chi connectivity index (χ4v) is 3.13. The Morgan fingerprint density at radius 3 is 2.61 bits per heavy atom. The van der Waals surface area contributed by atoms with Crippen molar-refractivity contribution >= 4 is 23.7 Å². The summed E-state index contributed by atoms with van der Waals surface area (Å²) in [7, 11) is 1.59. The number of halogens is 1. The van der Waals surface area contributed by atoms with E-state index in [0.29, 0.717) is 28.8 Å². The number of aromatic amines is 1. The largest absolute Gasteiger partial charge is 0.497 e. The molecule has 0 aliphatic heterocycles. The van der Waals surface area contributed by atoms with Crippen molar-refractivity contribution in [3.05, 3.63) is 101 Å². The average molecular weight is 461 g/mol. The van der Waals surface area contributed by atoms with Crippen LogP contribution in [0.4, 0.5) is 0 Å². The number of carbonyl (C=O) groups is 1. The molecule has 0 saturated carbocycles. The first-order valence-electron chi connectivity index (χ1n) is 10.1. The normalized spacial score (nSPS) is 10.8. The lowest BCUT2D eigenvalue weighted by molar-refractivity contribution is 0.0950. The lowest BCUT2D eigenvalue weighted by atomic mass is 10.1. The summed E-state index contributed by atoms with van der Waals surface area (Å²) in [5.41, 5.74) is 6.11. The monoisotopic (exact) mass is 460 g/mol. The summed E-state index contributed by atoms with van der Waals surface area (Å²) in [6, 6.07) is 24.0. The fourth-order valence-electron chi connectivity index (χ4n) is 3.00. The van der Waals surface area contributed by atoms with Gasteiger partial charge in [0.05, 0.1) is 19.0 Å². The van der Waals surface area contributed by atoms with E-state index in [0.717, 1.165) is 22.4 Å². The quantitative estimate of drug-likeness (QED) is 0.283. The summed E-state index contributed by atoms with van der Waals surface area (Å²) < 4.78 is 11.0. The Hall–Kier alpha value is -4.10. The van der Waals surface area contributed by atoms with Crippen LogP contribution >= 0.6 is 11.6 Å². The topological polar surface area (TPSA) is 88.6 Å². The first-order chi connectivity index (χ1) is 16.1. The van der Waals surface area contributed by atoms with Gasteiger partial charge in [0.25, 0.3) is 5.91 Å². The highest BCUT2D eigenvalue weighted by atomic mass is 35.5. The lowest BCUT2D eigenvalue weighted by Crippen LogP contribution is -2.18. The molecular formula is C25H21ClN4O3. The molecule has 1 amide bonds. The van der Waals surface area contributed by atoms with E-state index in [1.54, 1.807) is 19.4 Å². The summed E-state index contributed by atoms with van der Waals surface area (Å²) in [6.45, 7) is 0.444. The highest BCUT2D eigenvalue weighted by Crippen LogP contribution is 2.22. The third kappa shape index (κ3) is 5.99. The van der Waals surface area contributed by atoms with Gasteiger partial charge in [-0.05, 0) is 65.7 Å². The number of benzene rings is 3. The van der Waals surface area contributed by atoms with Crippen molar-refractivity contribution in [3.63, 3.8) is 0 Å². The molecule has 0 aliphatic carbocycles. The van der Waals surface area contributed by atoms with Crippen molar-refractivity contribution in [2.75, 3.05) is 7.11 Å².